The first-order valence-electron chi connectivity index (χ1n) is 12.2. The van der Waals surface area contributed by atoms with Gasteiger partial charge in [0.2, 0.25) is 5.95 Å². The maximum atomic E-state index is 12.5. The number of aliphatic hydroxyl groups is 1. The third-order valence-electron chi connectivity index (χ3n) is 6.09. The Labute approximate surface area is 219 Å². The zero-order valence-electron chi connectivity index (χ0n) is 20.6. The first-order valence-corrected chi connectivity index (χ1v) is 13.4. The van der Waals surface area contributed by atoms with Crippen molar-refractivity contribution in [3.05, 3.63) is 46.6 Å². The minimum absolute atomic E-state index is 0.00117. The summed E-state index contributed by atoms with van der Waals surface area (Å²) >= 11 is 7.87. The molecule has 1 saturated carbocycles. The molecule has 0 radical (unpaired) electrons. The van der Waals surface area contributed by atoms with Gasteiger partial charge in [-0.25, -0.2) is 19.7 Å². The Hall–Kier alpha value is -2.75. The second kappa shape index (κ2) is 9.95. The number of nitrogens with one attached hydrogen (secondary N) is 1. The average Bonchev–Trinajstić information content (AvgIpc) is 3.51. The molecule has 2 aliphatic rings. The minimum Gasteiger partial charge on any atom is -0.444 e. The summed E-state index contributed by atoms with van der Waals surface area (Å²) in [6.07, 6.45) is 3.67. The fourth-order valence-electron chi connectivity index (χ4n) is 4.18. The molecule has 3 aromatic rings. The third kappa shape index (κ3) is 5.79. The maximum absolute atomic E-state index is 12.5. The van der Waals surface area contributed by atoms with E-state index in [1.807, 2.05) is 51.1 Å². The van der Waals surface area contributed by atoms with E-state index >= 15 is 0 Å². The Morgan fingerprint density at radius 2 is 2.03 bits per heavy atom. The summed E-state index contributed by atoms with van der Waals surface area (Å²) in [5.74, 6) is 0.615. The number of piperidine rings is 1. The van der Waals surface area contributed by atoms with Gasteiger partial charge < -0.3 is 15.2 Å². The van der Waals surface area contributed by atoms with E-state index in [0.29, 0.717) is 36.4 Å². The SMILES string of the molecule is CC(C)(C)OC(=O)N1CCC(c2nc(-c3cccc(Cl)c3)c(-c3ccnc(NC4CC4)n3)s2)CC1O. The lowest BCUT2D eigenvalue weighted by Gasteiger charge is -2.36. The van der Waals surface area contributed by atoms with E-state index in [9.17, 15) is 9.90 Å². The van der Waals surface area contributed by atoms with E-state index in [-0.39, 0.29) is 5.92 Å². The van der Waals surface area contributed by atoms with Crippen LogP contribution >= 0.6 is 22.9 Å². The van der Waals surface area contributed by atoms with Gasteiger partial charge >= 0.3 is 6.09 Å². The lowest BCUT2D eigenvalue weighted by molar-refractivity contribution is -0.0492. The number of amides is 1. The summed E-state index contributed by atoms with van der Waals surface area (Å²) in [5, 5.41) is 15.7. The Morgan fingerprint density at radius 1 is 1.22 bits per heavy atom. The molecule has 3 heterocycles. The molecule has 2 N–H and O–H groups in total. The molecule has 1 saturated heterocycles. The summed E-state index contributed by atoms with van der Waals surface area (Å²) in [4.78, 5) is 29.0. The van der Waals surface area contributed by atoms with Crippen molar-refractivity contribution in [3.63, 3.8) is 0 Å². The number of anilines is 1. The van der Waals surface area contributed by atoms with Crippen molar-refractivity contribution in [2.75, 3.05) is 11.9 Å². The molecule has 36 heavy (non-hydrogen) atoms. The zero-order valence-corrected chi connectivity index (χ0v) is 22.1. The number of hydrogen-bond acceptors (Lipinski definition) is 8. The minimum atomic E-state index is -0.936. The number of hydrogen-bond donors (Lipinski definition) is 2. The largest absolute Gasteiger partial charge is 0.444 e. The molecular formula is C26H30ClN5O3S. The Balaban J connectivity index is 1.44. The molecule has 1 aromatic carbocycles. The standard InChI is InChI=1S/C26H30ClN5O3S/c1-26(2,3)35-25(34)32-12-10-16(14-20(32)33)23-31-21(15-5-4-6-17(27)13-15)22(36-23)19-9-11-28-24(30-19)29-18-7-8-18/h4-6,9,11,13,16,18,20,33H,7-8,10,12,14H2,1-3H3,(H,28,29,30). The van der Waals surface area contributed by atoms with Gasteiger partial charge in [0, 0.05) is 41.7 Å². The number of carbonyl (C=O) groups is 1. The van der Waals surface area contributed by atoms with Crippen molar-refractivity contribution in [2.24, 2.45) is 0 Å². The van der Waals surface area contributed by atoms with Crippen molar-refractivity contribution >= 4 is 35.0 Å². The lowest BCUT2D eigenvalue weighted by atomic mass is 9.96. The number of benzene rings is 1. The van der Waals surface area contributed by atoms with Crippen LogP contribution in [0.3, 0.4) is 0 Å². The number of likely N-dealkylation sites (tertiary alicyclic amines) is 1. The Kier molecular flexibility index (Phi) is 6.89. The number of rotatable bonds is 5. The highest BCUT2D eigenvalue weighted by Gasteiger charge is 2.35. The highest BCUT2D eigenvalue weighted by molar-refractivity contribution is 7.15. The van der Waals surface area contributed by atoms with Gasteiger partial charge in [0.25, 0.3) is 0 Å². The maximum Gasteiger partial charge on any atom is 0.412 e. The van der Waals surface area contributed by atoms with Gasteiger partial charge in [0.05, 0.1) is 21.3 Å². The van der Waals surface area contributed by atoms with Gasteiger partial charge in [-0.15, -0.1) is 11.3 Å². The summed E-state index contributed by atoms with van der Waals surface area (Å²) in [6, 6.07) is 9.96. The van der Waals surface area contributed by atoms with E-state index in [0.717, 1.165) is 39.7 Å². The first-order chi connectivity index (χ1) is 17.2. The second-order valence-electron chi connectivity index (χ2n) is 10.3. The fraction of sp³-hybridized carbons (Fsp3) is 0.462. The number of halogens is 1. The predicted molar refractivity (Wildman–Crippen MR) is 141 cm³/mol. The monoisotopic (exact) mass is 527 g/mol. The number of nitrogens with zero attached hydrogens (tertiary/aromatic N) is 4. The number of carbonyl (C=O) groups excluding carboxylic acids is 1. The van der Waals surface area contributed by atoms with Gasteiger partial charge in [-0.3, -0.25) is 4.90 Å². The van der Waals surface area contributed by atoms with Gasteiger partial charge in [-0.1, -0.05) is 23.7 Å². The molecular weight excluding hydrogens is 498 g/mol. The molecule has 8 nitrogen and oxygen atoms in total. The van der Waals surface area contributed by atoms with Gasteiger partial charge in [-0.2, -0.15) is 0 Å². The Bertz CT molecular complexity index is 1260. The molecule has 0 spiro atoms. The molecule has 2 fully saturated rings. The van der Waals surface area contributed by atoms with E-state index in [4.69, 9.17) is 26.3 Å². The number of ether oxygens (including phenoxy) is 1. The number of aliphatic hydroxyl groups excluding tert-OH is 1. The molecule has 5 rings (SSSR count). The van der Waals surface area contributed by atoms with Crippen LogP contribution in [0.1, 0.15) is 57.4 Å². The van der Waals surface area contributed by atoms with Crippen molar-refractivity contribution in [1.29, 1.82) is 0 Å². The Morgan fingerprint density at radius 3 is 2.72 bits per heavy atom. The molecule has 1 aliphatic heterocycles. The first kappa shape index (κ1) is 24.9. The molecule has 2 atom stereocenters. The van der Waals surface area contributed by atoms with E-state index in [1.165, 1.54) is 4.90 Å². The second-order valence-corrected chi connectivity index (χ2v) is 11.8. The van der Waals surface area contributed by atoms with Crippen molar-refractivity contribution in [1.82, 2.24) is 19.9 Å². The summed E-state index contributed by atoms with van der Waals surface area (Å²) in [7, 11) is 0. The van der Waals surface area contributed by atoms with Crippen LogP contribution in [0.2, 0.25) is 5.02 Å². The van der Waals surface area contributed by atoms with Gasteiger partial charge in [0.15, 0.2) is 0 Å². The molecule has 10 heteroatoms. The normalized spacial score (nSPS) is 20.3. The molecule has 2 aromatic heterocycles. The van der Waals surface area contributed by atoms with Gasteiger partial charge in [-0.05, 0) is 58.2 Å². The quantitative estimate of drug-likeness (QED) is 0.424. The van der Waals surface area contributed by atoms with Crippen LogP contribution in [-0.4, -0.2) is 55.5 Å². The highest BCUT2D eigenvalue weighted by Crippen LogP contribution is 2.42. The topological polar surface area (TPSA) is 100 Å². The smallest absolute Gasteiger partial charge is 0.412 e. The van der Waals surface area contributed by atoms with E-state index in [2.05, 4.69) is 10.3 Å². The van der Waals surface area contributed by atoms with Crippen LogP contribution < -0.4 is 5.32 Å². The zero-order chi connectivity index (χ0) is 25.4. The molecule has 2 unspecified atom stereocenters. The van der Waals surface area contributed by atoms with Crippen molar-refractivity contribution in [3.8, 4) is 21.8 Å². The molecule has 1 amide bonds. The molecule has 1 aliphatic carbocycles. The third-order valence-corrected chi connectivity index (χ3v) is 7.57. The van der Waals surface area contributed by atoms with E-state index < -0.39 is 17.9 Å². The summed E-state index contributed by atoms with van der Waals surface area (Å²) in [5.41, 5.74) is 1.88. The lowest BCUT2D eigenvalue weighted by Crippen LogP contribution is -2.47. The molecule has 0 bridgehead atoms. The van der Waals surface area contributed by atoms with Crippen LogP contribution in [0.4, 0.5) is 10.7 Å². The van der Waals surface area contributed by atoms with Crippen LogP contribution in [0.15, 0.2) is 36.5 Å². The number of thiazole rings is 1. The van der Waals surface area contributed by atoms with Crippen LogP contribution in [0.25, 0.3) is 21.8 Å². The fourth-order valence-corrected chi connectivity index (χ4v) is 5.58. The average molecular weight is 528 g/mol. The number of aromatic nitrogens is 3. The van der Waals surface area contributed by atoms with Crippen LogP contribution in [0, 0.1) is 0 Å². The van der Waals surface area contributed by atoms with Crippen molar-refractivity contribution < 1.29 is 14.6 Å². The highest BCUT2D eigenvalue weighted by atomic mass is 35.5. The molecule has 190 valence electrons. The summed E-state index contributed by atoms with van der Waals surface area (Å²) in [6.45, 7) is 5.84. The summed E-state index contributed by atoms with van der Waals surface area (Å²) < 4.78 is 5.46. The predicted octanol–water partition coefficient (Wildman–Crippen LogP) is 5.93. The van der Waals surface area contributed by atoms with Crippen LogP contribution in [-0.2, 0) is 4.74 Å². The van der Waals surface area contributed by atoms with Crippen molar-refractivity contribution in [2.45, 2.75) is 70.2 Å². The van der Waals surface area contributed by atoms with Crippen LogP contribution in [0.5, 0.6) is 0 Å². The van der Waals surface area contributed by atoms with Gasteiger partial charge in [0.1, 0.15) is 11.8 Å². The van der Waals surface area contributed by atoms with E-state index in [1.54, 1.807) is 17.5 Å².